The van der Waals surface area contributed by atoms with E-state index in [0.29, 0.717) is 0 Å². The molecule has 0 aliphatic heterocycles. The monoisotopic (exact) mass is 302 g/mol. The molecule has 1 atom stereocenters. The maximum absolute atomic E-state index is 12.8. The molecular weight excluding hydrogens is 281 g/mol. The SMILES string of the molecule is CCCCNC(C)CC(=O)Nc1ccccc1C(F)(F)F. The Bertz CT molecular complexity index is 460. The van der Waals surface area contributed by atoms with Crippen LogP contribution in [0.25, 0.3) is 0 Å². The zero-order valence-electron chi connectivity index (χ0n) is 12.3. The summed E-state index contributed by atoms with van der Waals surface area (Å²) in [5.41, 5.74) is -1.03. The van der Waals surface area contributed by atoms with E-state index < -0.39 is 17.6 Å². The van der Waals surface area contributed by atoms with Crippen molar-refractivity contribution >= 4 is 11.6 Å². The van der Waals surface area contributed by atoms with Crippen LogP contribution >= 0.6 is 0 Å². The first kappa shape index (κ1) is 17.5. The van der Waals surface area contributed by atoms with Crippen molar-refractivity contribution in [2.75, 3.05) is 11.9 Å². The minimum Gasteiger partial charge on any atom is -0.325 e. The number of benzene rings is 1. The summed E-state index contributed by atoms with van der Waals surface area (Å²) < 4.78 is 38.4. The van der Waals surface area contributed by atoms with Crippen LogP contribution in [0, 0.1) is 0 Å². The second kappa shape index (κ2) is 8.02. The summed E-state index contributed by atoms with van der Waals surface area (Å²) in [6.45, 7) is 4.70. The molecule has 0 aliphatic carbocycles. The van der Waals surface area contributed by atoms with Gasteiger partial charge >= 0.3 is 6.18 Å². The minimum atomic E-state index is -4.48. The van der Waals surface area contributed by atoms with Gasteiger partial charge in [0.1, 0.15) is 0 Å². The van der Waals surface area contributed by atoms with Gasteiger partial charge in [-0.15, -0.1) is 0 Å². The van der Waals surface area contributed by atoms with Crippen molar-refractivity contribution < 1.29 is 18.0 Å². The molecule has 0 aromatic heterocycles. The van der Waals surface area contributed by atoms with Crippen molar-refractivity contribution in [1.29, 1.82) is 0 Å². The highest BCUT2D eigenvalue weighted by atomic mass is 19.4. The first-order valence-electron chi connectivity index (χ1n) is 7.04. The number of amides is 1. The molecule has 1 amide bonds. The van der Waals surface area contributed by atoms with Gasteiger partial charge in [0.25, 0.3) is 0 Å². The molecule has 1 aromatic rings. The van der Waals surface area contributed by atoms with Crippen LogP contribution in [-0.2, 0) is 11.0 Å². The number of nitrogens with one attached hydrogen (secondary N) is 2. The maximum atomic E-state index is 12.8. The lowest BCUT2D eigenvalue weighted by Crippen LogP contribution is -2.31. The molecule has 21 heavy (non-hydrogen) atoms. The van der Waals surface area contributed by atoms with E-state index in [1.165, 1.54) is 18.2 Å². The summed E-state index contributed by atoms with van der Waals surface area (Å²) in [7, 11) is 0. The van der Waals surface area contributed by atoms with Crippen LogP contribution in [0.3, 0.4) is 0 Å². The summed E-state index contributed by atoms with van der Waals surface area (Å²) in [6, 6.07) is 4.91. The lowest BCUT2D eigenvalue weighted by atomic mass is 10.1. The molecule has 1 rings (SSSR count). The highest BCUT2D eigenvalue weighted by molar-refractivity contribution is 5.92. The van der Waals surface area contributed by atoms with E-state index in [1.54, 1.807) is 0 Å². The zero-order chi connectivity index (χ0) is 15.9. The fourth-order valence-corrected chi connectivity index (χ4v) is 1.92. The van der Waals surface area contributed by atoms with Crippen molar-refractivity contribution in [3.05, 3.63) is 29.8 Å². The molecule has 3 nitrogen and oxygen atoms in total. The number of halogens is 3. The lowest BCUT2D eigenvalue weighted by molar-refractivity contribution is -0.137. The molecule has 2 N–H and O–H groups in total. The maximum Gasteiger partial charge on any atom is 0.418 e. The molecule has 0 bridgehead atoms. The summed E-state index contributed by atoms with van der Waals surface area (Å²) >= 11 is 0. The summed E-state index contributed by atoms with van der Waals surface area (Å²) in [5.74, 6) is -0.428. The number of carbonyl (C=O) groups excluding carboxylic acids is 1. The van der Waals surface area contributed by atoms with E-state index in [1.807, 2.05) is 6.92 Å². The average Bonchev–Trinajstić information content (AvgIpc) is 2.38. The standard InChI is InChI=1S/C15H21F3N2O/c1-3-4-9-19-11(2)10-14(21)20-13-8-6-5-7-12(13)15(16,17)18/h5-8,11,19H,3-4,9-10H2,1-2H3,(H,20,21). The van der Waals surface area contributed by atoms with Crippen molar-refractivity contribution in [1.82, 2.24) is 5.32 Å². The van der Waals surface area contributed by atoms with Crippen LogP contribution in [0.15, 0.2) is 24.3 Å². The van der Waals surface area contributed by atoms with E-state index in [4.69, 9.17) is 0 Å². The van der Waals surface area contributed by atoms with Crippen LogP contribution in [0.4, 0.5) is 18.9 Å². The third kappa shape index (κ3) is 6.16. The van der Waals surface area contributed by atoms with Crippen LogP contribution in [0.1, 0.15) is 38.7 Å². The lowest BCUT2D eigenvalue weighted by Gasteiger charge is -2.16. The van der Waals surface area contributed by atoms with Crippen LogP contribution in [-0.4, -0.2) is 18.5 Å². The second-order valence-electron chi connectivity index (χ2n) is 5.00. The van der Waals surface area contributed by atoms with E-state index in [0.717, 1.165) is 25.5 Å². The Kier molecular flexibility index (Phi) is 6.68. The van der Waals surface area contributed by atoms with Gasteiger partial charge in [-0.25, -0.2) is 0 Å². The Morgan fingerprint density at radius 1 is 1.29 bits per heavy atom. The topological polar surface area (TPSA) is 41.1 Å². The number of hydrogen-bond acceptors (Lipinski definition) is 2. The third-order valence-electron chi connectivity index (χ3n) is 3.02. The van der Waals surface area contributed by atoms with E-state index in [-0.39, 0.29) is 18.2 Å². The minimum absolute atomic E-state index is 0.0744. The molecule has 118 valence electrons. The molecule has 0 spiro atoms. The highest BCUT2D eigenvalue weighted by Crippen LogP contribution is 2.34. The Hall–Kier alpha value is -1.56. The van der Waals surface area contributed by atoms with Crippen molar-refractivity contribution in [2.45, 2.75) is 45.3 Å². The molecule has 0 fully saturated rings. The molecule has 0 heterocycles. The molecule has 0 saturated carbocycles. The van der Waals surface area contributed by atoms with Crippen molar-refractivity contribution in [3.63, 3.8) is 0 Å². The van der Waals surface area contributed by atoms with E-state index >= 15 is 0 Å². The number of carbonyl (C=O) groups is 1. The number of alkyl halides is 3. The number of para-hydroxylation sites is 1. The largest absolute Gasteiger partial charge is 0.418 e. The van der Waals surface area contributed by atoms with Gasteiger partial charge in [-0.1, -0.05) is 25.5 Å². The molecule has 1 unspecified atom stereocenters. The second-order valence-corrected chi connectivity index (χ2v) is 5.00. The zero-order valence-corrected chi connectivity index (χ0v) is 12.3. The quantitative estimate of drug-likeness (QED) is 0.752. The predicted molar refractivity (Wildman–Crippen MR) is 77.1 cm³/mol. The van der Waals surface area contributed by atoms with Gasteiger partial charge in [-0.3, -0.25) is 4.79 Å². The van der Waals surface area contributed by atoms with Gasteiger partial charge in [-0.2, -0.15) is 13.2 Å². The first-order valence-corrected chi connectivity index (χ1v) is 7.04. The fourth-order valence-electron chi connectivity index (χ4n) is 1.92. The first-order chi connectivity index (χ1) is 9.84. The van der Waals surface area contributed by atoms with Crippen LogP contribution in [0.5, 0.6) is 0 Å². The van der Waals surface area contributed by atoms with Crippen molar-refractivity contribution in [3.8, 4) is 0 Å². The number of rotatable bonds is 7. The number of anilines is 1. The molecular formula is C15H21F3N2O. The number of hydrogen-bond donors (Lipinski definition) is 2. The summed E-state index contributed by atoms with van der Waals surface area (Å²) in [6.07, 6.45) is -2.29. The van der Waals surface area contributed by atoms with Gasteiger partial charge < -0.3 is 10.6 Å². The Balaban J connectivity index is 2.59. The smallest absolute Gasteiger partial charge is 0.325 e. The number of unbranched alkanes of at least 4 members (excludes halogenated alkanes) is 1. The van der Waals surface area contributed by atoms with Gasteiger partial charge in [0, 0.05) is 12.5 Å². The van der Waals surface area contributed by atoms with Crippen molar-refractivity contribution in [2.24, 2.45) is 0 Å². The van der Waals surface area contributed by atoms with Gasteiger partial charge in [0.15, 0.2) is 0 Å². The third-order valence-corrected chi connectivity index (χ3v) is 3.02. The van der Waals surface area contributed by atoms with Crippen LogP contribution < -0.4 is 10.6 Å². The molecule has 1 aromatic carbocycles. The van der Waals surface area contributed by atoms with E-state index in [9.17, 15) is 18.0 Å². The Labute approximate surface area is 122 Å². The Morgan fingerprint density at radius 2 is 1.95 bits per heavy atom. The molecule has 0 radical (unpaired) electrons. The van der Waals surface area contributed by atoms with E-state index in [2.05, 4.69) is 17.6 Å². The average molecular weight is 302 g/mol. The van der Waals surface area contributed by atoms with Gasteiger partial charge in [0.05, 0.1) is 11.3 Å². The van der Waals surface area contributed by atoms with Gasteiger partial charge in [0.2, 0.25) is 5.91 Å². The normalized spacial score (nSPS) is 13.0. The van der Waals surface area contributed by atoms with Crippen LogP contribution in [0.2, 0.25) is 0 Å². The predicted octanol–water partition coefficient (Wildman–Crippen LogP) is 3.81. The molecule has 0 aliphatic rings. The Morgan fingerprint density at radius 3 is 2.57 bits per heavy atom. The summed E-state index contributed by atoms with van der Waals surface area (Å²) in [4.78, 5) is 11.8. The molecule has 0 saturated heterocycles. The molecule has 6 heteroatoms. The van der Waals surface area contributed by atoms with Gasteiger partial charge in [-0.05, 0) is 32.0 Å². The summed E-state index contributed by atoms with van der Waals surface area (Å²) in [5, 5.41) is 5.50. The fraction of sp³-hybridized carbons (Fsp3) is 0.533. The highest BCUT2D eigenvalue weighted by Gasteiger charge is 2.33.